The molecule has 1 aromatic heterocycles. The fraction of sp³-hybridized carbons (Fsp3) is 0.348. The highest BCUT2D eigenvalue weighted by Gasteiger charge is 2.31. The number of hydrogen-bond acceptors (Lipinski definition) is 4. The fourth-order valence-corrected chi connectivity index (χ4v) is 4.95. The number of fused-ring (bicyclic) bond motifs is 1. The lowest BCUT2D eigenvalue weighted by Gasteiger charge is -2.23. The number of aromatic nitrogens is 1. The van der Waals surface area contributed by atoms with Crippen LogP contribution in [0.5, 0.6) is 0 Å². The van der Waals surface area contributed by atoms with Gasteiger partial charge in [-0.25, -0.2) is 9.78 Å². The van der Waals surface area contributed by atoms with Gasteiger partial charge in [0.25, 0.3) is 0 Å². The second kappa shape index (κ2) is 9.26. The van der Waals surface area contributed by atoms with Gasteiger partial charge in [-0.2, -0.15) is 0 Å². The number of nitrogens with one attached hydrogen (secondary N) is 1. The molecule has 6 nitrogen and oxygen atoms in total. The Morgan fingerprint density at radius 2 is 1.93 bits per heavy atom. The standard InChI is InChI=1S/C23H26N4O2S/c1-26(16-17-8-3-2-4-9-17)23(29)24-14-13-21(28)27-15-7-11-19(27)22-25-18-10-5-6-12-20(18)30-22/h2-6,8-10,12,19H,7,11,13-16H2,1H3,(H,24,29). The maximum atomic E-state index is 12.8. The third kappa shape index (κ3) is 4.62. The van der Waals surface area contributed by atoms with E-state index in [-0.39, 0.29) is 18.0 Å². The molecule has 1 aliphatic heterocycles. The number of urea groups is 1. The molecule has 7 heteroatoms. The van der Waals surface area contributed by atoms with Crippen LogP contribution in [0, 0.1) is 0 Å². The average Bonchev–Trinajstić information content (AvgIpc) is 3.41. The molecule has 1 aliphatic rings. The summed E-state index contributed by atoms with van der Waals surface area (Å²) in [6.07, 6.45) is 2.22. The molecule has 4 rings (SSSR count). The van der Waals surface area contributed by atoms with Crippen molar-refractivity contribution in [2.24, 2.45) is 0 Å². The van der Waals surface area contributed by atoms with Gasteiger partial charge in [-0.15, -0.1) is 11.3 Å². The van der Waals surface area contributed by atoms with E-state index >= 15 is 0 Å². The van der Waals surface area contributed by atoms with E-state index in [0.29, 0.717) is 19.5 Å². The van der Waals surface area contributed by atoms with E-state index in [0.717, 1.165) is 40.2 Å². The molecule has 1 fully saturated rings. The topological polar surface area (TPSA) is 65.5 Å². The molecule has 1 saturated heterocycles. The average molecular weight is 423 g/mol. The molecule has 2 aromatic carbocycles. The van der Waals surface area contributed by atoms with Crippen molar-refractivity contribution in [2.45, 2.75) is 31.8 Å². The smallest absolute Gasteiger partial charge is 0.317 e. The lowest BCUT2D eigenvalue weighted by molar-refractivity contribution is -0.132. The Morgan fingerprint density at radius 1 is 1.17 bits per heavy atom. The minimum Gasteiger partial charge on any atom is -0.337 e. The van der Waals surface area contributed by atoms with Gasteiger partial charge in [0.05, 0.1) is 16.3 Å². The van der Waals surface area contributed by atoms with Crippen molar-refractivity contribution in [1.82, 2.24) is 20.1 Å². The van der Waals surface area contributed by atoms with Crippen molar-refractivity contribution in [1.29, 1.82) is 0 Å². The van der Waals surface area contributed by atoms with Gasteiger partial charge in [0.1, 0.15) is 5.01 Å². The number of thiazole rings is 1. The summed E-state index contributed by atoms with van der Waals surface area (Å²) in [5.41, 5.74) is 2.06. The minimum atomic E-state index is -0.171. The SMILES string of the molecule is CN(Cc1ccccc1)C(=O)NCCC(=O)N1CCCC1c1nc2ccccc2s1. The van der Waals surface area contributed by atoms with Crippen LogP contribution in [-0.4, -0.2) is 46.9 Å². The molecule has 1 atom stereocenters. The lowest BCUT2D eigenvalue weighted by Crippen LogP contribution is -2.39. The van der Waals surface area contributed by atoms with Crippen molar-refractivity contribution in [3.05, 3.63) is 65.2 Å². The van der Waals surface area contributed by atoms with Crippen LogP contribution >= 0.6 is 11.3 Å². The zero-order chi connectivity index (χ0) is 20.9. The number of hydrogen-bond donors (Lipinski definition) is 1. The predicted molar refractivity (Wildman–Crippen MR) is 119 cm³/mol. The summed E-state index contributed by atoms with van der Waals surface area (Å²) in [5.74, 6) is 0.0720. The van der Waals surface area contributed by atoms with E-state index in [4.69, 9.17) is 4.98 Å². The normalized spacial score (nSPS) is 16.0. The molecule has 0 spiro atoms. The van der Waals surface area contributed by atoms with Crippen LogP contribution in [0.15, 0.2) is 54.6 Å². The molecule has 30 heavy (non-hydrogen) atoms. The number of likely N-dealkylation sites (tertiary alicyclic amines) is 1. The quantitative estimate of drug-likeness (QED) is 0.648. The Labute approximate surface area is 180 Å². The summed E-state index contributed by atoms with van der Waals surface area (Å²) in [4.78, 5) is 33.4. The minimum absolute atomic E-state index is 0.0476. The summed E-state index contributed by atoms with van der Waals surface area (Å²) in [5, 5.41) is 3.87. The Balaban J connectivity index is 1.29. The third-order valence-corrected chi connectivity index (χ3v) is 6.53. The highest BCUT2D eigenvalue weighted by Crippen LogP contribution is 2.36. The van der Waals surface area contributed by atoms with Gasteiger partial charge >= 0.3 is 6.03 Å². The van der Waals surface area contributed by atoms with Crippen LogP contribution in [0.1, 0.15) is 35.9 Å². The van der Waals surface area contributed by atoms with E-state index in [1.165, 1.54) is 0 Å². The van der Waals surface area contributed by atoms with E-state index in [1.54, 1.807) is 23.3 Å². The molecular formula is C23H26N4O2S. The van der Waals surface area contributed by atoms with Crippen molar-refractivity contribution >= 4 is 33.5 Å². The number of amides is 3. The Bertz CT molecular complexity index is 987. The van der Waals surface area contributed by atoms with Crippen LogP contribution < -0.4 is 5.32 Å². The van der Waals surface area contributed by atoms with Crippen molar-refractivity contribution in [2.75, 3.05) is 20.1 Å². The summed E-state index contributed by atoms with van der Waals surface area (Å²) in [6.45, 7) is 1.62. The van der Waals surface area contributed by atoms with Crippen molar-refractivity contribution in [3.8, 4) is 0 Å². The molecule has 0 saturated carbocycles. The van der Waals surface area contributed by atoms with Gasteiger partial charge in [-0.05, 0) is 30.5 Å². The van der Waals surface area contributed by atoms with Crippen LogP contribution in [0.4, 0.5) is 4.79 Å². The van der Waals surface area contributed by atoms with Crippen molar-refractivity contribution in [3.63, 3.8) is 0 Å². The van der Waals surface area contributed by atoms with Gasteiger partial charge in [0.15, 0.2) is 0 Å². The summed E-state index contributed by atoms with van der Waals surface area (Å²) in [7, 11) is 1.76. The summed E-state index contributed by atoms with van der Waals surface area (Å²) < 4.78 is 1.15. The first-order valence-electron chi connectivity index (χ1n) is 10.3. The predicted octanol–water partition coefficient (Wildman–Crippen LogP) is 4.19. The number of benzene rings is 2. The third-order valence-electron chi connectivity index (χ3n) is 5.39. The number of para-hydroxylation sites is 1. The summed E-state index contributed by atoms with van der Waals surface area (Å²) >= 11 is 1.67. The Kier molecular flexibility index (Phi) is 6.28. The van der Waals surface area contributed by atoms with Crippen LogP contribution in [0.2, 0.25) is 0 Å². The Morgan fingerprint density at radius 3 is 2.73 bits per heavy atom. The first kappa shape index (κ1) is 20.3. The zero-order valence-corrected chi connectivity index (χ0v) is 17.9. The maximum Gasteiger partial charge on any atom is 0.317 e. The molecular weight excluding hydrogens is 396 g/mol. The van der Waals surface area contributed by atoms with Crippen LogP contribution in [-0.2, 0) is 11.3 Å². The molecule has 1 unspecified atom stereocenters. The van der Waals surface area contributed by atoms with Gasteiger partial charge < -0.3 is 15.1 Å². The number of carbonyl (C=O) groups is 2. The molecule has 156 valence electrons. The van der Waals surface area contributed by atoms with Crippen LogP contribution in [0.25, 0.3) is 10.2 Å². The second-order valence-electron chi connectivity index (χ2n) is 7.59. The molecule has 0 aliphatic carbocycles. The Hall–Kier alpha value is -2.93. The zero-order valence-electron chi connectivity index (χ0n) is 17.1. The molecule has 3 aromatic rings. The van der Waals surface area contributed by atoms with Gasteiger partial charge in [0.2, 0.25) is 5.91 Å². The van der Waals surface area contributed by atoms with E-state index in [2.05, 4.69) is 11.4 Å². The van der Waals surface area contributed by atoms with E-state index < -0.39 is 0 Å². The van der Waals surface area contributed by atoms with Crippen molar-refractivity contribution < 1.29 is 9.59 Å². The number of rotatable bonds is 6. The molecule has 2 heterocycles. The maximum absolute atomic E-state index is 12.8. The fourth-order valence-electron chi connectivity index (χ4n) is 3.84. The van der Waals surface area contributed by atoms with Gasteiger partial charge in [0, 0.05) is 33.1 Å². The second-order valence-corrected chi connectivity index (χ2v) is 8.65. The monoisotopic (exact) mass is 422 g/mol. The highest BCUT2D eigenvalue weighted by atomic mass is 32.1. The highest BCUT2D eigenvalue weighted by molar-refractivity contribution is 7.18. The molecule has 0 radical (unpaired) electrons. The van der Waals surface area contributed by atoms with E-state index in [9.17, 15) is 9.59 Å². The number of carbonyl (C=O) groups excluding carboxylic acids is 2. The molecule has 0 bridgehead atoms. The first-order chi connectivity index (χ1) is 14.6. The largest absolute Gasteiger partial charge is 0.337 e. The molecule has 3 amide bonds. The first-order valence-corrected chi connectivity index (χ1v) is 11.1. The molecule has 1 N–H and O–H groups in total. The number of nitrogens with zero attached hydrogens (tertiary/aromatic N) is 3. The van der Waals surface area contributed by atoms with Gasteiger partial charge in [-0.1, -0.05) is 42.5 Å². The lowest BCUT2D eigenvalue weighted by atomic mass is 10.2. The van der Waals surface area contributed by atoms with E-state index in [1.807, 2.05) is 53.4 Å². The summed E-state index contributed by atoms with van der Waals surface area (Å²) in [6, 6.07) is 17.8. The van der Waals surface area contributed by atoms with Crippen LogP contribution in [0.3, 0.4) is 0 Å². The van der Waals surface area contributed by atoms with Gasteiger partial charge in [-0.3, -0.25) is 4.79 Å².